The number of nitriles is 1. The zero-order valence-corrected chi connectivity index (χ0v) is 12.0. The largest absolute Gasteiger partial charge is 0.396 e. The number of rotatable bonds is 7. The van der Waals surface area contributed by atoms with Gasteiger partial charge in [-0.2, -0.15) is 5.26 Å². The maximum atomic E-state index is 12.2. The molecule has 1 amide bonds. The monoisotopic (exact) mass is 274 g/mol. The van der Waals surface area contributed by atoms with E-state index in [4.69, 9.17) is 5.11 Å². The second kappa shape index (κ2) is 8.34. The minimum atomic E-state index is -0.697. The molecule has 0 heterocycles. The fourth-order valence-corrected chi connectivity index (χ4v) is 2.04. The maximum absolute atomic E-state index is 12.2. The van der Waals surface area contributed by atoms with Crippen LogP contribution in [0.4, 0.5) is 0 Å². The SMILES string of the molecule is CC(C)C(CCO)NC(=O)C(C#N)Cc1ccccc1. The van der Waals surface area contributed by atoms with Gasteiger partial charge in [0.1, 0.15) is 5.92 Å². The predicted octanol–water partition coefficient (Wildman–Crippen LogP) is 1.89. The molecular weight excluding hydrogens is 252 g/mol. The van der Waals surface area contributed by atoms with Crippen LogP contribution in [-0.2, 0) is 11.2 Å². The lowest BCUT2D eigenvalue weighted by Crippen LogP contribution is -2.42. The number of aliphatic hydroxyl groups is 1. The minimum Gasteiger partial charge on any atom is -0.396 e. The Labute approximate surface area is 120 Å². The predicted molar refractivity (Wildman–Crippen MR) is 77.7 cm³/mol. The summed E-state index contributed by atoms with van der Waals surface area (Å²) in [7, 11) is 0. The van der Waals surface area contributed by atoms with Crippen molar-refractivity contribution < 1.29 is 9.90 Å². The van der Waals surface area contributed by atoms with Crippen molar-refractivity contribution in [2.24, 2.45) is 11.8 Å². The van der Waals surface area contributed by atoms with Crippen LogP contribution >= 0.6 is 0 Å². The number of benzene rings is 1. The van der Waals surface area contributed by atoms with Gasteiger partial charge in [0.15, 0.2) is 0 Å². The van der Waals surface area contributed by atoms with Crippen molar-refractivity contribution in [1.29, 1.82) is 5.26 Å². The van der Waals surface area contributed by atoms with Crippen LogP contribution in [0.15, 0.2) is 30.3 Å². The molecular formula is C16H22N2O2. The van der Waals surface area contributed by atoms with Crippen LogP contribution in [0.2, 0.25) is 0 Å². The Morgan fingerprint density at radius 2 is 2.00 bits per heavy atom. The molecule has 0 spiro atoms. The van der Waals surface area contributed by atoms with Crippen LogP contribution < -0.4 is 5.32 Å². The van der Waals surface area contributed by atoms with Gasteiger partial charge in [0.25, 0.3) is 0 Å². The van der Waals surface area contributed by atoms with Gasteiger partial charge in [-0.15, -0.1) is 0 Å². The maximum Gasteiger partial charge on any atom is 0.237 e. The first-order valence-corrected chi connectivity index (χ1v) is 6.93. The molecule has 0 bridgehead atoms. The van der Waals surface area contributed by atoms with Crippen LogP contribution in [0, 0.1) is 23.2 Å². The smallest absolute Gasteiger partial charge is 0.237 e. The average Bonchev–Trinajstić information content (AvgIpc) is 2.45. The van der Waals surface area contributed by atoms with Crippen molar-refractivity contribution in [1.82, 2.24) is 5.32 Å². The summed E-state index contributed by atoms with van der Waals surface area (Å²) in [6.45, 7) is 4.00. The molecule has 4 nitrogen and oxygen atoms in total. The normalized spacial score (nSPS) is 13.6. The molecule has 0 aliphatic rings. The van der Waals surface area contributed by atoms with E-state index in [1.807, 2.05) is 44.2 Å². The van der Waals surface area contributed by atoms with Crippen molar-refractivity contribution in [3.63, 3.8) is 0 Å². The number of carbonyl (C=O) groups is 1. The Kier molecular flexibility index (Phi) is 6.75. The molecule has 0 aliphatic heterocycles. The molecule has 2 N–H and O–H groups in total. The van der Waals surface area contributed by atoms with E-state index in [-0.39, 0.29) is 24.5 Å². The van der Waals surface area contributed by atoms with E-state index in [0.29, 0.717) is 12.8 Å². The number of nitrogens with one attached hydrogen (secondary N) is 1. The number of carbonyl (C=O) groups excluding carboxylic acids is 1. The number of nitrogens with zero attached hydrogens (tertiary/aromatic N) is 1. The van der Waals surface area contributed by atoms with Crippen LogP contribution in [0.25, 0.3) is 0 Å². The van der Waals surface area contributed by atoms with Gasteiger partial charge in [0.2, 0.25) is 5.91 Å². The summed E-state index contributed by atoms with van der Waals surface area (Å²) in [5, 5.41) is 21.1. The van der Waals surface area contributed by atoms with E-state index in [2.05, 4.69) is 11.4 Å². The molecule has 20 heavy (non-hydrogen) atoms. The van der Waals surface area contributed by atoms with Gasteiger partial charge in [-0.25, -0.2) is 0 Å². The first kappa shape index (κ1) is 16.2. The van der Waals surface area contributed by atoms with Gasteiger partial charge in [-0.1, -0.05) is 44.2 Å². The summed E-state index contributed by atoms with van der Waals surface area (Å²) in [6, 6.07) is 11.5. The topological polar surface area (TPSA) is 73.1 Å². The lowest BCUT2D eigenvalue weighted by molar-refractivity contribution is -0.124. The molecule has 0 fully saturated rings. The Hall–Kier alpha value is -1.86. The van der Waals surface area contributed by atoms with Gasteiger partial charge in [-0.05, 0) is 24.3 Å². The third-order valence-electron chi connectivity index (χ3n) is 3.33. The van der Waals surface area contributed by atoms with Crippen molar-refractivity contribution in [2.45, 2.75) is 32.7 Å². The highest BCUT2D eigenvalue weighted by Gasteiger charge is 2.22. The molecule has 0 radical (unpaired) electrons. The van der Waals surface area contributed by atoms with Gasteiger partial charge in [0.05, 0.1) is 6.07 Å². The molecule has 0 saturated heterocycles. The molecule has 4 heteroatoms. The van der Waals surface area contributed by atoms with Crippen LogP contribution in [0.1, 0.15) is 25.8 Å². The zero-order valence-electron chi connectivity index (χ0n) is 12.0. The van der Waals surface area contributed by atoms with Crippen molar-refractivity contribution in [3.8, 4) is 6.07 Å². The van der Waals surface area contributed by atoms with E-state index < -0.39 is 5.92 Å². The molecule has 0 aromatic heterocycles. The number of amides is 1. The summed E-state index contributed by atoms with van der Waals surface area (Å²) >= 11 is 0. The third kappa shape index (κ3) is 5.02. The highest BCUT2D eigenvalue weighted by Crippen LogP contribution is 2.11. The third-order valence-corrected chi connectivity index (χ3v) is 3.33. The highest BCUT2D eigenvalue weighted by atomic mass is 16.3. The molecule has 1 aromatic carbocycles. The number of aliphatic hydroxyl groups excluding tert-OH is 1. The quantitative estimate of drug-likeness (QED) is 0.797. The molecule has 1 aromatic rings. The Morgan fingerprint density at radius 3 is 2.50 bits per heavy atom. The minimum absolute atomic E-state index is 0.0268. The second-order valence-electron chi connectivity index (χ2n) is 5.24. The molecule has 2 unspecified atom stereocenters. The van der Waals surface area contributed by atoms with E-state index in [1.165, 1.54) is 0 Å². The van der Waals surface area contributed by atoms with Gasteiger partial charge in [-0.3, -0.25) is 4.79 Å². The summed E-state index contributed by atoms with van der Waals surface area (Å²) in [5.41, 5.74) is 0.970. The highest BCUT2D eigenvalue weighted by molar-refractivity contribution is 5.81. The van der Waals surface area contributed by atoms with Crippen LogP contribution in [0.5, 0.6) is 0 Å². The lowest BCUT2D eigenvalue weighted by Gasteiger charge is -2.22. The molecule has 108 valence electrons. The lowest BCUT2D eigenvalue weighted by atomic mass is 9.97. The first-order chi connectivity index (χ1) is 9.58. The van der Waals surface area contributed by atoms with Gasteiger partial charge < -0.3 is 10.4 Å². The first-order valence-electron chi connectivity index (χ1n) is 6.93. The molecule has 1 rings (SSSR count). The van der Waals surface area contributed by atoms with Gasteiger partial charge >= 0.3 is 0 Å². The standard InChI is InChI=1S/C16H22N2O2/c1-12(2)15(8-9-19)18-16(20)14(11-17)10-13-6-4-3-5-7-13/h3-7,12,14-15,19H,8-10H2,1-2H3,(H,18,20). The average molecular weight is 274 g/mol. The second-order valence-corrected chi connectivity index (χ2v) is 5.24. The van der Waals surface area contributed by atoms with E-state index in [9.17, 15) is 10.1 Å². The van der Waals surface area contributed by atoms with E-state index in [1.54, 1.807) is 0 Å². The summed E-state index contributed by atoms with van der Waals surface area (Å²) in [6.07, 6.45) is 0.917. The van der Waals surface area contributed by atoms with Crippen LogP contribution in [0.3, 0.4) is 0 Å². The Balaban J connectivity index is 2.65. The Bertz CT molecular complexity index is 451. The fourth-order valence-electron chi connectivity index (χ4n) is 2.04. The van der Waals surface area contributed by atoms with Crippen molar-refractivity contribution in [2.75, 3.05) is 6.61 Å². The number of hydrogen-bond donors (Lipinski definition) is 2. The number of hydrogen-bond acceptors (Lipinski definition) is 3. The summed E-state index contributed by atoms with van der Waals surface area (Å²) < 4.78 is 0. The zero-order chi connectivity index (χ0) is 15.0. The molecule has 0 saturated carbocycles. The summed E-state index contributed by atoms with van der Waals surface area (Å²) in [5.74, 6) is -0.733. The fraction of sp³-hybridized carbons (Fsp3) is 0.500. The van der Waals surface area contributed by atoms with Crippen molar-refractivity contribution >= 4 is 5.91 Å². The molecule has 2 atom stereocenters. The molecule has 0 aliphatic carbocycles. The van der Waals surface area contributed by atoms with Crippen molar-refractivity contribution in [3.05, 3.63) is 35.9 Å². The summed E-state index contributed by atoms with van der Waals surface area (Å²) in [4.78, 5) is 12.2. The van der Waals surface area contributed by atoms with Crippen LogP contribution in [-0.4, -0.2) is 23.7 Å². The van der Waals surface area contributed by atoms with Gasteiger partial charge in [0, 0.05) is 12.6 Å². The Morgan fingerprint density at radius 1 is 1.35 bits per heavy atom. The van der Waals surface area contributed by atoms with E-state index >= 15 is 0 Å². The van der Waals surface area contributed by atoms with E-state index in [0.717, 1.165) is 5.56 Å².